The summed E-state index contributed by atoms with van der Waals surface area (Å²) in [5.41, 5.74) is 2.20. The molecule has 2 aromatic carbocycles. The summed E-state index contributed by atoms with van der Waals surface area (Å²) >= 11 is 0.318. The van der Waals surface area contributed by atoms with Crippen LogP contribution in [0.2, 0.25) is 0 Å². The van der Waals surface area contributed by atoms with E-state index in [9.17, 15) is 0 Å². The second-order valence-corrected chi connectivity index (χ2v) is 5.86. The zero-order valence-electron chi connectivity index (χ0n) is 11.1. The molecule has 1 aliphatic rings. The molecule has 3 heteroatoms. The van der Waals surface area contributed by atoms with Gasteiger partial charge in [0.15, 0.2) is 0 Å². The number of hydrogen-bond acceptors (Lipinski definition) is 2. The van der Waals surface area contributed by atoms with E-state index < -0.39 is 0 Å². The molecule has 0 N–H and O–H groups in total. The van der Waals surface area contributed by atoms with Crippen LogP contribution in [-0.2, 0) is 4.74 Å². The van der Waals surface area contributed by atoms with Crippen molar-refractivity contribution in [1.29, 1.82) is 0 Å². The summed E-state index contributed by atoms with van der Waals surface area (Å²) in [6.45, 7) is 0. The van der Waals surface area contributed by atoms with Crippen molar-refractivity contribution >= 4 is 26.5 Å². The van der Waals surface area contributed by atoms with Crippen LogP contribution in [0.15, 0.2) is 64.5 Å². The van der Waals surface area contributed by atoms with Gasteiger partial charge in [-0.2, -0.15) is 0 Å². The monoisotopic (exact) mass is 330 g/mol. The number of rotatable bonds is 3. The van der Waals surface area contributed by atoms with Crippen molar-refractivity contribution in [1.82, 2.24) is 0 Å². The van der Waals surface area contributed by atoms with Crippen LogP contribution in [0, 0.1) is 0 Å². The molecule has 2 nitrogen and oxygen atoms in total. The first-order valence-electron chi connectivity index (χ1n) is 6.30. The summed E-state index contributed by atoms with van der Waals surface area (Å²) < 4.78 is 11.2. The van der Waals surface area contributed by atoms with Gasteiger partial charge in [-0.15, -0.1) is 0 Å². The third-order valence-corrected chi connectivity index (χ3v) is 4.47. The molecule has 0 saturated carbocycles. The van der Waals surface area contributed by atoms with Crippen molar-refractivity contribution in [2.24, 2.45) is 0 Å². The fraction of sp³-hybridized carbons (Fsp3) is 0.0588. The van der Waals surface area contributed by atoms with Crippen LogP contribution in [-0.4, -0.2) is 22.1 Å². The Kier molecular flexibility index (Phi) is 3.91. The van der Waals surface area contributed by atoms with E-state index in [1.807, 2.05) is 42.5 Å². The average molecular weight is 329 g/mol. The molecule has 1 heterocycles. The quantitative estimate of drug-likeness (QED) is 0.799. The predicted molar refractivity (Wildman–Crippen MR) is 82.2 cm³/mol. The van der Waals surface area contributed by atoms with Crippen molar-refractivity contribution < 1.29 is 9.47 Å². The summed E-state index contributed by atoms with van der Waals surface area (Å²) in [7, 11) is 1.67. The molecule has 100 valence electrons. The van der Waals surface area contributed by atoms with Gasteiger partial charge in [0.25, 0.3) is 0 Å². The van der Waals surface area contributed by atoms with Crippen molar-refractivity contribution in [2.75, 3.05) is 7.11 Å². The van der Waals surface area contributed by atoms with Gasteiger partial charge in [-0.05, 0) is 0 Å². The van der Waals surface area contributed by atoms with Crippen molar-refractivity contribution in [3.05, 3.63) is 75.7 Å². The minimum absolute atomic E-state index is 0.318. The first-order chi connectivity index (χ1) is 9.86. The summed E-state index contributed by atoms with van der Waals surface area (Å²) in [6, 6.07) is 18.1. The number of benzene rings is 2. The Morgan fingerprint density at radius 2 is 1.40 bits per heavy atom. The van der Waals surface area contributed by atoms with Gasteiger partial charge < -0.3 is 0 Å². The van der Waals surface area contributed by atoms with Gasteiger partial charge in [0.1, 0.15) is 0 Å². The molecule has 0 bridgehead atoms. The maximum atomic E-state index is 6.03. The normalized spacial score (nSPS) is 14.1. The van der Waals surface area contributed by atoms with E-state index in [1.54, 1.807) is 7.11 Å². The zero-order chi connectivity index (χ0) is 13.8. The molecule has 3 rings (SSSR count). The molecule has 0 amide bonds. The second-order valence-electron chi connectivity index (χ2n) is 4.30. The topological polar surface area (TPSA) is 18.5 Å². The summed E-state index contributed by atoms with van der Waals surface area (Å²) in [5, 5.41) is 0. The minimum atomic E-state index is 0.318. The average Bonchev–Trinajstić information content (AvgIpc) is 2.56. The SMILES string of the molecule is COc1ccc(C2=C[Se]C=C(c3ccccc3)O2)cc1. The third kappa shape index (κ3) is 2.79. The van der Waals surface area contributed by atoms with Gasteiger partial charge in [-0.1, -0.05) is 0 Å². The molecule has 0 unspecified atom stereocenters. The first-order valence-corrected chi connectivity index (χ1v) is 8.28. The second kappa shape index (κ2) is 6.00. The van der Waals surface area contributed by atoms with E-state index in [1.165, 1.54) is 0 Å². The Morgan fingerprint density at radius 1 is 0.800 bits per heavy atom. The van der Waals surface area contributed by atoms with Crippen LogP contribution < -0.4 is 4.74 Å². The predicted octanol–water partition coefficient (Wildman–Crippen LogP) is 3.73. The van der Waals surface area contributed by atoms with Gasteiger partial charge in [-0.3, -0.25) is 0 Å². The molecule has 0 atom stereocenters. The molecule has 0 spiro atoms. The van der Waals surface area contributed by atoms with E-state index in [-0.39, 0.29) is 0 Å². The molecule has 2 aromatic rings. The van der Waals surface area contributed by atoms with Crippen LogP contribution in [0.4, 0.5) is 0 Å². The molecule has 0 saturated heterocycles. The number of hydrogen-bond donors (Lipinski definition) is 0. The van der Waals surface area contributed by atoms with Crippen LogP contribution >= 0.6 is 0 Å². The number of ether oxygens (including phenoxy) is 2. The molecule has 0 aromatic heterocycles. The van der Waals surface area contributed by atoms with Gasteiger partial charge >= 0.3 is 124 Å². The Morgan fingerprint density at radius 3 is 2.00 bits per heavy atom. The standard InChI is InChI=1S/C17H14O2Se/c1-18-15-9-7-14(8-10-15)17-12-20-11-16(19-17)13-5-3-2-4-6-13/h2-12H,1H3. The Hall–Kier alpha value is -1.96. The van der Waals surface area contributed by atoms with Crippen molar-refractivity contribution in [3.63, 3.8) is 0 Å². The number of methoxy groups -OCH3 is 1. The van der Waals surface area contributed by atoms with Gasteiger partial charge in [0.05, 0.1) is 0 Å². The molecular formula is C17H14O2Se. The van der Waals surface area contributed by atoms with Crippen LogP contribution in [0.1, 0.15) is 11.1 Å². The molecule has 0 fully saturated rings. The maximum absolute atomic E-state index is 6.03. The van der Waals surface area contributed by atoms with E-state index >= 15 is 0 Å². The Labute approximate surface area is 124 Å². The van der Waals surface area contributed by atoms with Crippen LogP contribution in [0.5, 0.6) is 5.75 Å². The molecule has 1 aliphatic heterocycles. The molecule has 20 heavy (non-hydrogen) atoms. The Balaban J connectivity index is 1.81. The van der Waals surface area contributed by atoms with Gasteiger partial charge in [0, 0.05) is 0 Å². The Bertz CT molecular complexity index is 642. The molecule has 0 radical (unpaired) electrons. The van der Waals surface area contributed by atoms with Crippen LogP contribution in [0.25, 0.3) is 11.5 Å². The fourth-order valence-electron chi connectivity index (χ4n) is 1.94. The molecular weight excluding hydrogens is 315 g/mol. The summed E-state index contributed by atoms with van der Waals surface area (Å²) in [4.78, 5) is 4.32. The van der Waals surface area contributed by atoms with Gasteiger partial charge in [-0.25, -0.2) is 0 Å². The van der Waals surface area contributed by atoms with E-state index in [0.29, 0.717) is 15.0 Å². The van der Waals surface area contributed by atoms with Gasteiger partial charge in [0.2, 0.25) is 0 Å². The van der Waals surface area contributed by atoms with E-state index in [0.717, 1.165) is 28.4 Å². The van der Waals surface area contributed by atoms with Crippen molar-refractivity contribution in [2.45, 2.75) is 0 Å². The van der Waals surface area contributed by atoms with E-state index in [4.69, 9.17) is 9.47 Å². The zero-order valence-corrected chi connectivity index (χ0v) is 12.8. The third-order valence-electron chi connectivity index (χ3n) is 3.00. The van der Waals surface area contributed by atoms with E-state index in [2.05, 4.69) is 22.1 Å². The van der Waals surface area contributed by atoms with Crippen LogP contribution in [0.3, 0.4) is 0 Å². The fourth-order valence-corrected chi connectivity index (χ4v) is 3.37. The summed E-state index contributed by atoms with van der Waals surface area (Å²) in [5.74, 6) is 2.72. The molecule has 0 aliphatic carbocycles. The first kappa shape index (κ1) is 13.0. The summed E-state index contributed by atoms with van der Waals surface area (Å²) in [6.07, 6.45) is 0. The van der Waals surface area contributed by atoms with Crippen molar-refractivity contribution in [3.8, 4) is 5.75 Å².